The second-order valence-corrected chi connectivity index (χ2v) is 6.59. The summed E-state index contributed by atoms with van der Waals surface area (Å²) in [5, 5.41) is 5.64. The highest BCUT2D eigenvalue weighted by Gasteiger charge is 2.19. The highest BCUT2D eigenvalue weighted by atomic mass is 32.1. The van der Waals surface area contributed by atoms with E-state index in [2.05, 4.69) is 29.8 Å². The fraction of sp³-hybridized carbons (Fsp3) is 0.333. The Labute approximate surface area is 126 Å². The Bertz CT molecular complexity index is 654. The molecule has 0 aliphatic carbocycles. The Balaban J connectivity index is 1.92. The standard InChI is InChI=1S/C15H17NO2S2/c1-3-16-15(11-5-4-10(18-11)9-17-2)14-8-13-12(20-14)6-7-19-13/h4-8,15-16H,3,9H2,1-2H3. The van der Waals surface area contributed by atoms with Crippen molar-refractivity contribution in [2.24, 2.45) is 0 Å². The van der Waals surface area contributed by atoms with Crippen molar-refractivity contribution >= 4 is 32.1 Å². The Morgan fingerprint density at radius 1 is 1.30 bits per heavy atom. The molecule has 1 N–H and O–H groups in total. The molecule has 3 aromatic rings. The average Bonchev–Trinajstić information content (AvgIpc) is 3.11. The smallest absolute Gasteiger partial charge is 0.129 e. The van der Waals surface area contributed by atoms with Crippen molar-refractivity contribution in [1.82, 2.24) is 5.32 Å². The number of hydrogen-bond acceptors (Lipinski definition) is 5. The van der Waals surface area contributed by atoms with Crippen molar-refractivity contribution in [2.45, 2.75) is 19.6 Å². The van der Waals surface area contributed by atoms with Crippen LogP contribution in [0.4, 0.5) is 0 Å². The van der Waals surface area contributed by atoms with Crippen molar-refractivity contribution < 1.29 is 9.15 Å². The number of methoxy groups -OCH3 is 1. The van der Waals surface area contributed by atoms with Gasteiger partial charge in [-0.3, -0.25) is 0 Å². The number of nitrogens with one attached hydrogen (secondary N) is 1. The fourth-order valence-corrected chi connectivity index (χ4v) is 4.45. The molecular formula is C15H17NO2S2. The molecule has 0 fully saturated rings. The van der Waals surface area contributed by atoms with Gasteiger partial charge in [0, 0.05) is 21.4 Å². The first-order chi connectivity index (χ1) is 9.81. The molecule has 5 heteroatoms. The summed E-state index contributed by atoms with van der Waals surface area (Å²) in [4.78, 5) is 1.30. The molecule has 0 aliphatic heterocycles. The van der Waals surface area contributed by atoms with Gasteiger partial charge < -0.3 is 14.5 Å². The van der Waals surface area contributed by atoms with Crippen LogP contribution in [0.15, 0.2) is 34.1 Å². The maximum Gasteiger partial charge on any atom is 0.129 e. The molecule has 0 aliphatic rings. The topological polar surface area (TPSA) is 34.4 Å². The molecule has 3 heterocycles. The van der Waals surface area contributed by atoms with E-state index in [4.69, 9.17) is 9.15 Å². The monoisotopic (exact) mass is 307 g/mol. The Kier molecular flexibility index (Phi) is 4.21. The minimum absolute atomic E-state index is 0.121. The van der Waals surface area contributed by atoms with E-state index in [1.807, 2.05) is 23.5 Å². The summed E-state index contributed by atoms with van der Waals surface area (Å²) in [6, 6.07) is 8.58. The van der Waals surface area contributed by atoms with E-state index in [0.717, 1.165) is 18.1 Å². The molecule has 0 amide bonds. The lowest BCUT2D eigenvalue weighted by Crippen LogP contribution is -2.20. The van der Waals surface area contributed by atoms with Gasteiger partial charge in [0.1, 0.15) is 24.2 Å². The molecule has 1 unspecified atom stereocenters. The van der Waals surface area contributed by atoms with Crippen LogP contribution < -0.4 is 5.32 Å². The van der Waals surface area contributed by atoms with Crippen molar-refractivity contribution in [3.63, 3.8) is 0 Å². The summed E-state index contributed by atoms with van der Waals surface area (Å²) in [6.45, 7) is 3.52. The Morgan fingerprint density at radius 2 is 2.20 bits per heavy atom. The van der Waals surface area contributed by atoms with Crippen molar-refractivity contribution in [1.29, 1.82) is 0 Å². The second kappa shape index (κ2) is 6.10. The number of ether oxygens (including phenoxy) is 1. The lowest BCUT2D eigenvalue weighted by Gasteiger charge is -2.13. The van der Waals surface area contributed by atoms with Gasteiger partial charge in [0.2, 0.25) is 0 Å². The summed E-state index contributed by atoms with van der Waals surface area (Å²) in [5.41, 5.74) is 0. The zero-order valence-electron chi connectivity index (χ0n) is 11.5. The van der Waals surface area contributed by atoms with Crippen molar-refractivity contribution in [3.8, 4) is 0 Å². The van der Waals surface area contributed by atoms with Gasteiger partial charge in [0.25, 0.3) is 0 Å². The summed E-state index contributed by atoms with van der Waals surface area (Å²) in [7, 11) is 1.68. The maximum absolute atomic E-state index is 5.89. The predicted molar refractivity (Wildman–Crippen MR) is 84.6 cm³/mol. The van der Waals surface area contributed by atoms with E-state index >= 15 is 0 Å². The molecule has 0 radical (unpaired) electrons. The molecule has 3 rings (SSSR count). The van der Waals surface area contributed by atoms with Crippen LogP contribution in [0.1, 0.15) is 29.4 Å². The van der Waals surface area contributed by atoms with Crippen LogP contribution in [-0.2, 0) is 11.3 Å². The van der Waals surface area contributed by atoms with E-state index in [9.17, 15) is 0 Å². The maximum atomic E-state index is 5.89. The lowest BCUT2D eigenvalue weighted by molar-refractivity contribution is 0.162. The zero-order chi connectivity index (χ0) is 13.9. The molecule has 0 bridgehead atoms. The first kappa shape index (κ1) is 13.8. The van der Waals surface area contributed by atoms with Gasteiger partial charge in [-0.15, -0.1) is 22.7 Å². The molecule has 20 heavy (non-hydrogen) atoms. The molecule has 106 valence electrons. The summed E-state index contributed by atoms with van der Waals surface area (Å²) >= 11 is 3.61. The highest BCUT2D eigenvalue weighted by molar-refractivity contribution is 7.27. The van der Waals surface area contributed by atoms with Crippen LogP contribution in [0.2, 0.25) is 0 Å². The third kappa shape index (κ3) is 2.67. The van der Waals surface area contributed by atoms with E-state index < -0.39 is 0 Å². The molecule has 0 spiro atoms. The quantitative estimate of drug-likeness (QED) is 0.733. The predicted octanol–water partition coefficient (Wildman–Crippen LogP) is 4.40. The van der Waals surface area contributed by atoms with Crippen LogP contribution >= 0.6 is 22.7 Å². The van der Waals surface area contributed by atoms with Crippen molar-refractivity contribution in [2.75, 3.05) is 13.7 Å². The Hall–Kier alpha value is -1.14. The van der Waals surface area contributed by atoms with Gasteiger partial charge in [0.05, 0.1) is 0 Å². The normalized spacial score (nSPS) is 13.1. The molecule has 0 saturated carbocycles. The van der Waals surface area contributed by atoms with Gasteiger partial charge in [0.15, 0.2) is 0 Å². The highest BCUT2D eigenvalue weighted by Crippen LogP contribution is 2.36. The van der Waals surface area contributed by atoms with Crippen molar-refractivity contribution in [3.05, 3.63) is 46.0 Å². The third-order valence-electron chi connectivity index (χ3n) is 3.10. The fourth-order valence-electron chi connectivity index (χ4n) is 2.24. The summed E-state index contributed by atoms with van der Waals surface area (Å²) < 4.78 is 13.7. The van der Waals surface area contributed by atoms with Gasteiger partial charge >= 0.3 is 0 Å². The number of furan rings is 1. The van der Waals surface area contributed by atoms with Crippen LogP contribution in [0.3, 0.4) is 0 Å². The minimum atomic E-state index is 0.121. The van der Waals surface area contributed by atoms with Gasteiger partial charge in [-0.1, -0.05) is 6.92 Å². The molecule has 3 aromatic heterocycles. The third-order valence-corrected chi connectivity index (χ3v) is 5.26. The van der Waals surface area contributed by atoms with Gasteiger partial charge in [-0.05, 0) is 36.2 Å². The van der Waals surface area contributed by atoms with Gasteiger partial charge in [-0.2, -0.15) is 0 Å². The lowest BCUT2D eigenvalue weighted by atomic mass is 10.2. The van der Waals surface area contributed by atoms with E-state index in [-0.39, 0.29) is 6.04 Å². The molecule has 1 atom stereocenters. The molecular weight excluding hydrogens is 290 g/mol. The number of rotatable bonds is 6. The van der Waals surface area contributed by atoms with Crippen LogP contribution in [0, 0.1) is 0 Å². The number of fused-ring (bicyclic) bond motifs is 1. The summed E-state index contributed by atoms with van der Waals surface area (Å²) in [6.07, 6.45) is 0. The van der Waals surface area contributed by atoms with Crippen LogP contribution in [0.5, 0.6) is 0 Å². The van der Waals surface area contributed by atoms with Crippen LogP contribution in [0.25, 0.3) is 9.40 Å². The van der Waals surface area contributed by atoms with E-state index in [1.54, 1.807) is 18.4 Å². The SMILES string of the molecule is CCNC(c1ccc(COC)o1)c1cc2sccc2s1. The zero-order valence-corrected chi connectivity index (χ0v) is 13.1. The first-order valence-electron chi connectivity index (χ1n) is 6.59. The van der Waals surface area contributed by atoms with Gasteiger partial charge in [-0.25, -0.2) is 0 Å². The Morgan fingerprint density at radius 3 is 2.95 bits per heavy atom. The molecule has 0 aromatic carbocycles. The van der Waals surface area contributed by atoms with Crippen LogP contribution in [-0.4, -0.2) is 13.7 Å². The largest absolute Gasteiger partial charge is 0.462 e. The summed E-state index contributed by atoms with van der Waals surface area (Å²) in [5.74, 6) is 1.82. The first-order valence-corrected chi connectivity index (χ1v) is 8.29. The van der Waals surface area contributed by atoms with E-state index in [0.29, 0.717) is 6.61 Å². The number of thiophene rings is 2. The minimum Gasteiger partial charge on any atom is -0.462 e. The van der Waals surface area contributed by atoms with E-state index in [1.165, 1.54) is 14.3 Å². The molecule has 3 nitrogen and oxygen atoms in total. The average molecular weight is 307 g/mol. The molecule has 0 saturated heterocycles. The number of hydrogen-bond donors (Lipinski definition) is 1. The second-order valence-electron chi connectivity index (χ2n) is 4.53.